The van der Waals surface area contributed by atoms with E-state index in [1.54, 1.807) is 13.0 Å². The second-order valence-electron chi connectivity index (χ2n) is 3.83. The molecule has 4 nitrogen and oxygen atoms in total. The number of phenolic OH excluding ortho intramolecular Hbond substituents is 1. The first kappa shape index (κ1) is 12.0. The van der Waals surface area contributed by atoms with Crippen LogP contribution < -0.4 is 5.32 Å². The molecule has 2 N–H and O–H groups in total. The summed E-state index contributed by atoms with van der Waals surface area (Å²) in [5.41, 5.74) is 0.950. The average molecular weight is 246 g/mol. The van der Waals surface area contributed by atoms with E-state index < -0.39 is 11.7 Å². The molecule has 1 aromatic carbocycles. The molecule has 18 heavy (non-hydrogen) atoms. The standard InChI is InChI=1S/C13H11FN2O2/c1-8-2-3-9(12(17)6-8)13(18)16-11-4-5-15-7-10(11)14/h2-7,17H,1H3,(H,15,16,18). The number of carbonyl (C=O) groups is 1. The second kappa shape index (κ2) is 4.83. The minimum atomic E-state index is -0.627. The number of nitrogens with one attached hydrogen (secondary N) is 1. The van der Waals surface area contributed by atoms with E-state index in [0.29, 0.717) is 0 Å². The fourth-order valence-corrected chi connectivity index (χ4v) is 1.50. The fourth-order valence-electron chi connectivity index (χ4n) is 1.50. The Kier molecular flexibility index (Phi) is 3.23. The van der Waals surface area contributed by atoms with Crippen molar-refractivity contribution < 1.29 is 14.3 Å². The predicted octanol–water partition coefficient (Wildman–Crippen LogP) is 2.49. The summed E-state index contributed by atoms with van der Waals surface area (Å²) in [6, 6.07) is 5.99. The molecule has 0 atom stereocenters. The summed E-state index contributed by atoms with van der Waals surface area (Å²) in [6.07, 6.45) is 2.37. The summed E-state index contributed by atoms with van der Waals surface area (Å²) in [5, 5.41) is 12.0. The molecule has 0 aliphatic heterocycles. The Morgan fingerprint density at radius 3 is 2.83 bits per heavy atom. The second-order valence-corrected chi connectivity index (χ2v) is 3.83. The van der Waals surface area contributed by atoms with E-state index in [2.05, 4.69) is 10.3 Å². The first-order valence-electron chi connectivity index (χ1n) is 5.28. The quantitative estimate of drug-likeness (QED) is 0.855. The maximum Gasteiger partial charge on any atom is 0.259 e. The highest BCUT2D eigenvalue weighted by atomic mass is 19.1. The number of benzene rings is 1. The summed E-state index contributed by atoms with van der Waals surface area (Å²) >= 11 is 0. The molecule has 0 spiro atoms. The topological polar surface area (TPSA) is 62.2 Å². The van der Waals surface area contributed by atoms with E-state index in [0.717, 1.165) is 11.8 Å². The Labute approximate surface area is 103 Å². The van der Waals surface area contributed by atoms with E-state index in [1.807, 2.05) is 0 Å². The van der Waals surface area contributed by atoms with E-state index in [-0.39, 0.29) is 17.0 Å². The molecule has 1 aromatic heterocycles. The molecule has 1 amide bonds. The van der Waals surface area contributed by atoms with Crippen molar-refractivity contribution in [3.63, 3.8) is 0 Å². The Hall–Kier alpha value is -2.43. The molecule has 2 aromatic rings. The van der Waals surface area contributed by atoms with E-state index in [1.165, 1.54) is 24.4 Å². The van der Waals surface area contributed by atoms with Gasteiger partial charge in [0.15, 0.2) is 5.82 Å². The van der Waals surface area contributed by atoms with Crippen LogP contribution in [0.1, 0.15) is 15.9 Å². The molecule has 0 aliphatic carbocycles. The molecule has 2 rings (SSSR count). The largest absolute Gasteiger partial charge is 0.507 e. The normalized spacial score (nSPS) is 10.1. The van der Waals surface area contributed by atoms with Gasteiger partial charge in [-0.25, -0.2) is 4.39 Å². The lowest BCUT2D eigenvalue weighted by atomic mass is 10.1. The number of halogens is 1. The summed E-state index contributed by atoms with van der Waals surface area (Å²) in [5.74, 6) is -1.34. The number of aryl methyl sites for hydroxylation is 1. The number of nitrogens with zero attached hydrogens (tertiary/aromatic N) is 1. The average Bonchev–Trinajstić information content (AvgIpc) is 2.32. The Morgan fingerprint density at radius 1 is 1.39 bits per heavy atom. The van der Waals surface area contributed by atoms with Gasteiger partial charge in [-0.1, -0.05) is 6.07 Å². The minimum absolute atomic E-state index is 0.0231. The van der Waals surface area contributed by atoms with Crippen molar-refractivity contribution in [2.24, 2.45) is 0 Å². The summed E-state index contributed by atoms with van der Waals surface area (Å²) in [4.78, 5) is 15.4. The van der Waals surface area contributed by atoms with Gasteiger partial charge in [-0.05, 0) is 30.7 Å². The number of hydrogen-bond donors (Lipinski definition) is 2. The van der Waals surface area contributed by atoms with Crippen LogP contribution in [0, 0.1) is 12.7 Å². The highest BCUT2D eigenvalue weighted by Gasteiger charge is 2.13. The van der Waals surface area contributed by atoms with E-state index in [4.69, 9.17) is 0 Å². The van der Waals surface area contributed by atoms with Gasteiger partial charge in [0.2, 0.25) is 0 Å². The Morgan fingerprint density at radius 2 is 2.17 bits per heavy atom. The number of pyridine rings is 1. The maximum atomic E-state index is 13.3. The van der Waals surface area contributed by atoms with Gasteiger partial charge in [-0.3, -0.25) is 9.78 Å². The SMILES string of the molecule is Cc1ccc(C(=O)Nc2ccncc2F)c(O)c1. The number of carbonyl (C=O) groups excluding carboxylic acids is 1. The monoisotopic (exact) mass is 246 g/mol. The molecule has 5 heteroatoms. The molecule has 0 saturated carbocycles. The Balaban J connectivity index is 2.25. The van der Waals surface area contributed by atoms with Crippen LogP contribution in [-0.2, 0) is 0 Å². The smallest absolute Gasteiger partial charge is 0.259 e. The lowest BCUT2D eigenvalue weighted by Gasteiger charge is -2.07. The lowest BCUT2D eigenvalue weighted by Crippen LogP contribution is -2.13. The number of amides is 1. The van der Waals surface area contributed by atoms with Gasteiger partial charge in [0.1, 0.15) is 5.75 Å². The third-order valence-corrected chi connectivity index (χ3v) is 2.42. The molecule has 0 bridgehead atoms. The third kappa shape index (κ3) is 2.45. The van der Waals surface area contributed by atoms with Crippen molar-refractivity contribution in [1.82, 2.24) is 4.98 Å². The van der Waals surface area contributed by atoms with Gasteiger partial charge in [-0.2, -0.15) is 0 Å². The first-order chi connectivity index (χ1) is 8.58. The van der Waals surface area contributed by atoms with Crippen molar-refractivity contribution in [2.75, 3.05) is 5.32 Å². The molecular weight excluding hydrogens is 235 g/mol. The number of anilines is 1. The van der Waals surface area contributed by atoms with E-state index >= 15 is 0 Å². The highest BCUT2D eigenvalue weighted by molar-refractivity contribution is 6.06. The van der Waals surface area contributed by atoms with Crippen molar-refractivity contribution in [3.8, 4) is 5.75 Å². The number of rotatable bonds is 2. The van der Waals surface area contributed by atoms with Gasteiger partial charge in [-0.15, -0.1) is 0 Å². The molecule has 0 unspecified atom stereocenters. The lowest BCUT2D eigenvalue weighted by molar-refractivity contribution is 0.102. The van der Waals surface area contributed by atoms with Crippen molar-refractivity contribution in [2.45, 2.75) is 6.92 Å². The van der Waals surface area contributed by atoms with Crippen LogP contribution in [0.3, 0.4) is 0 Å². The van der Waals surface area contributed by atoms with Crippen LogP contribution in [0.2, 0.25) is 0 Å². The maximum absolute atomic E-state index is 13.3. The minimum Gasteiger partial charge on any atom is -0.507 e. The van der Waals surface area contributed by atoms with Crippen LogP contribution in [0.5, 0.6) is 5.75 Å². The number of aromatic hydroxyl groups is 1. The number of hydrogen-bond acceptors (Lipinski definition) is 3. The van der Waals surface area contributed by atoms with Crippen LogP contribution in [0.25, 0.3) is 0 Å². The van der Waals surface area contributed by atoms with Gasteiger partial charge in [0.05, 0.1) is 17.4 Å². The molecule has 0 saturated heterocycles. The van der Waals surface area contributed by atoms with Crippen molar-refractivity contribution in [3.05, 3.63) is 53.6 Å². The molecule has 92 valence electrons. The van der Waals surface area contributed by atoms with Gasteiger partial charge in [0, 0.05) is 6.20 Å². The third-order valence-electron chi connectivity index (χ3n) is 2.42. The summed E-state index contributed by atoms with van der Waals surface area (Å²) < 4.78 is 13.3. The van der Waals surface area contributed by atoms with Crippen LogP contribution in [0.15, 0.2) is 36.7 Å². The van der Waals surface area contributed by atoms with Crippen LogP contribution in [0.4, 0.5) is 10.1 Å². The van der Waals surface area contributed by atoms with Crippen molar-refractivity contribution >= 4 is 11.6 Å². The molecular formula is C13H11FN2O2. The van der Waals surface area contributed by atoms with Crippen molar-refractivity contribution in [1.29, 1.82) is 0 Å². The summed E-state index contributed by atoms with van der Waals surface area (Å²) in [7, 11) is 0. The Bertz CT molecular complexity index is 599. The van der Waals surface area contributed by atoms with Crippen LogP contribution in [-0.4, -0.2) is 16.0 Å². The van der Waals surface area contributed by atoms with E-state index in [9.17, 15) is 14.3 Å². The zero-order valence-corrected chi connectivity index (χ0v) is 9.64. The fraction of sp³-hybridized carbons (Fsp3) is 0.0769. The molecule has 0 radical (unpaired) electrons. The molecule has 0 fully saturated rings. The first-order valence-corrected chi connectivity index (χ1v) is 5.28. The summed E-state index contributed by atoms with van der Waals surface area (Å²) in [6.45, 7) is 1.80. The predicted molar refractivity (Wildman–Crippen MR) is 65.0 cm³/mol. The van der Waals surface area contributed by atoms with Gasteiger partial charge in [0.25, 0.3) is 5.91 Å². The number of phenols is 1. The molecule has 0 aliphatic rings. The van der Waals surface area contributed by atoms with Gasteiger partial charge < -0.3 is 10.4 Å². The van der Waals surface area contributed by atoms with Crippen LogP contribution >= 0.6 is 0 Å². The zero-order valence-electron chi connectivity index (χ0n) is 9.64. The number of aromatic nitrogens is 1. The highest BCUT2D eigenvalue weighted by Crippen LogP contribution is 2.20. The van der Waals surface area contributed by atoms with Gasteiger partial charge >= 0.3 is 0 Å². The molecule has 1 heterocycles. The zero-order chi connectivity index (χ0) is 13.1.